The molecule has 1 fully saturated rings. The Morgan fingerprint density at radius 3 is 2.59 bits per heavy atom. The van der Waals surface area contributed by atoms with E-state index < -0.39 is 35.7 Å². The van der Waals surface area contributed by atoms with Crippen LogP contribution in [0.2, 0.25) is 0 Å². The van der Waals surface area contributed by atoms with Crippen molar-refractivity contribution in [2.45, 2.75) is 24.4 Å². The molecule has 8 nitrogen and oxygen atoms in total. The van der Waals surface area contributed by atoms with E-state index in [1.807, 2.05) is 4.98 Å². The van der Waals surface area contributed by atoms with Gasteiger partial charge in [0, 0.05) is 6.20 Å². The molecule has 0 bridgehead atoms. The third-order valence-corrected chi connectivity index (χ3v) is 2.66. The highest BCUT2D eigenvalue weighted by Gasteiger charge is 2.39. The van der Waals surface area contributed by atoms with Crippen molar-refractivity contribution < 1.29 is 20.1 Å². The van der Waals surface area contributed by atoms with Crippen LogP contribution in [0.4, 0.5) is 0 Å². The molecule has 0 aliphatic carbocycles. The van der Waals surface area contributed by atoms with Crippen LogP contribution in [-0.4, -0.2) is 50.2 Å². The molecule has 2 heterocycles. The number of rotatable bonds is 1. The van der Waals surface area contributed by atoms with Gasteiger partial charge in [0.25, 0.3) is 5.56 Å². The summed E-state index contributed by atoms with van der Waals surface area (Å²) < 4.78 is 5.08. The van der Waals surface area contributed by atoms with Crippen LogP contribution in [0, 0.1) is 0 Å². The molecule has 4 atom stereocenters. The maximum Gasteiger partial charge on any atom is 0.325 e. The van der Waals surface area contributed by atoms with Crippen LogP contribution >= 0.6 is 0 Å². The lowest BCUT2D eigenvalue weighted by molar-refractivity contribution is -0.189. The fraction of sp³-hybridized carbons (Fsp3) is 0.556. The van der Waals surface area contributed by atoms with Gasteiger partial charge in [-0.05, 0) is 0 Å². The van der Waals surface area contributed by atoms with Gasteiger partial charge in [-0.1, -0.05) is 0 Å². The Kier molecular flexibility index (Phi) is 3.11. The number of ether oxygens (including phenoxy) is 1. The van der Waals surface area contributed by atoms with Gasteiger partial charge in [-0.25, -0.2) is 4.79 Å². The van der Waals surface area contributed by atoms with Gasteiger partial charge < -0.3 is 25.0 Å². The van der Waals surface area contributed by atoms with E-state index in [1.165, 1.54) is 0 Å². The maximum atomic E-state index is 11.5. The zero-order valence-electron chi connectivity index (χ0n) is 8.66. The smallest absolute Gasteiger partial charge is 0.325 e. The molecule has 1 aliphatic heterocycles. The fourth-order valence-corrected chi connectivity index (χ4v) is 1.71. The van der Waals surface area contributed by atoms with Crippen LogP contribution < -0.4 is 11.2 Å². The highest BCUT2D eigenvalue weighted by Crippen LogP contribution is 2.26. The molecule has 0 amide bonds. The maximum absolute atomic E-state index is 11.5. The minimum absolute atomic E-state index is 0.0111. The third kappa shape index (κ3) is 2.15. The molecule has 5 N–H and O–H groups in total. The Labute approximate surface area is 94.5 Å². The monoisotopic (exact) mass is 244 g/mol. The Hall–Kier alpha value is -1.48. The number of aromatic nitrogens is 2. The molecule has 17 heavy (non-hydrogen) atoms. The van der Waals surface area contributed by atoms with Crippen molar-refractivity contribution >= 4 is 0 Å². The van der Waals surface area contributed by atoms with Gasteiger partial charge in [-0.15, -0.1) is 0 Å². The van der Waals surface area contributed by atoms with Gasteiger partial charge in [-0.2, -0.15) is 0 Å². The Morgan fingerprint density at radius 1 is 1.24 bits per heavy atom. The second kappa shape index (κ2) is 4.41. The number of aromatic amines is 2. The molecule has 8 heteroatoms. The molecule has 1 aromatic heterocycles. The molecular formula is C9H12N2O6. The van der Waals surface area contributed by atoms with E-state index in [4.69, 9.17) is 4.74 Å². The fourth-order valence-electron chi connectivity index (χ4n) is 1.71. The van der Waals surface area contributed by atoms with Crippen molar-refractivity contribution in [1.82, 2.24) is 9.97 Å². The standard InChI is InChI=1S/C9H12N2O6/c12-4-2-17-7(6(14)5(4)13)3-1-10-9(16)11-8(3)15/h1,4-7,12-14H,2H2,(H2,10,11,15,16)/t4-,5-,6+,7+/m1/s1. The van der Waals surface area contributed by atoms with Gasteiger partial charge in [0.05, 0.1) is 12.2 Å². The van der Waals surface area contributed by atoms with Gasteiger partial charge in [0.2, 0.25) is 0 Å². The molecule has 1 aromatic rings. The predicted octanol–water partition coefficient (Wildman–Crippen LogP) is -2.78. The molecule has 2 rings (SSSR count). The number of hydrogen-bond acceptors (Lipinski definition) is 6. The van der Waals surface area contributed by atoms with E-state index in [1.54, 1.807) is 0 Å². The van der Waals surface area contributed by atoms with E-state index in [9.17, 15) is 24.9 Å². The summed E-state index contributed by atoms with van der Waals surface area (Å²) in [4.78, 5) is 26.5. The largest absolute Gasteiger partial charge is 0.388 e. The van der Waals surface area contributed by atoms with Crippen molar-refractivity contribution in [3.05, 3.63) is 32.6 Å². The van der Waals surface area contributed by atoms with Gasteiger partial charge in [-0.3, -0.25) is 9.78 Å². The second-order valence-electron chi connectivity index (χ2n) is 3.83. The van der Waals surface area contributed by atoms with Crippen LogP contribution in [0.5, 0.6) is 0 Å². The first-order chi connectivity index (χ1) is 8.00. The van der Waals surface area contributed by atoms with Crippen LogP contribution in [0.25, 0.3) is 0 Å². The minimum Gasteiger partial charge on any atom is -0.388 e. The SMILES string of the molecule is O=c1[nH]cc([C@@H]2OC[C@@H](O)[C@@H](O)[C@@H]2O)c(=O)[nH]1. The first-order valence-electron chi connectivity index (χ1n) is 4.98. The lowest BCUT2D eigenvalue weighted by Crippen LogP contribution is -2.50. The third-order valence-electron chi connectivity index (χ3n) is 2.66. The van der Waals surface area contributed by atoms with Gasteiger partial charge in [0.1, 0.15) is 24.4 Å². The first-order valence-corrected chi connectivity index (χ1v) is 4.98. The average molecular weight is 244 g/mol. The van der Waals surface area contributed by atoms with Gasteiger partial charge in [0.15, 0.2) is 0 Å². The van der Waals surface area contributed by atoms with Crippen molar-refractivity contribution in [3.8, 4) is 0 Å². The zero-order valence-corrected chi connectivity index (χ0v) is 8.66. The van der Waals surface area contributed by atoms with Crippen molar-refractivity contribution in [3.63, 3.8) is 0 Å². The molecular weight excluding hydrogens is 232 g/mol. The van der Waals surface area contributed by atoms with Crippen LogP contribution in [0.15, 0.2) is 15.8 Å². The lowest BCUT2D eigenvalue weighted by Gasteiger charge is -2.34. The number of aliphatic hydroxyl groups excluding tert-OH is 3. The van der Waals surface area contributed by atoms with E-state index in [0.717, 1.165) is 6.20 Å². The molecule has 0 radical (unpaired) electrons. The zero-order chi connectivity index (χ0) is 12.6. The molecule has 1 saturated heterocycles. The van der Waals surface area contributed by atoms with Crippen molar-refractivity contribution in [2.75, 3.05) is 6.61 Å². The quantitative estimate of drug-likeness (QED) is 0.362. The summed E-state index contributed by atoms with van der Waals surface area (Å²) in [5, 5.41) is 28.4. The molecule has 1 aliphatic rings. The van der Waals surface area contributed by atoms with Crippen LogP contribution in [-0.2, 0) is 4.74 Å². The van der Waals surface area contributed by atoms with E-state index in [0.29, 0.717) is 0 Å². The first kappa shape index (κ1) is 12.0. The average Bonchev–Trinajstić information content (AvgIpc) is 2.28. The molecule has 0 aromatic carbocycles. The van der Waals surface area contributed by atoms with Crippen molar-refractivity contribution in [1.29, 1.82) is 0 Å². The highest BCUT2D eigenvalue weighted by atomic mass is 16.5. The van der Waals surface area contributed by atoms with Crippen molar-refractivity contribution in [2.24, 2.45) is 0 Å². The van der Waals surface area contributed by atoms with E-state index in [2.05, 4.69) is 4.98 Å². The summed E-state index contributed by atoms with van der Waals surface area (Å²) in [6, 6.07) is 0. The summed E-state index contributed by atoms with van der Waals surface area (Å²) in [6.07, 6.45) is -4.03. The Balaban J connectivity index is 2.34. The Morgan fingerprint density at radius 2 is 1.94 bits per heavy atom. The lowest BCUT2D eigenvalue weighted by atomic mass is 9.96. The number of hydrogen-bond donors (Lipinski definition) is 5. The summed E-state index contributed by atoms with van der Waals surface area (Å²) >= 11 is 0. The topological polar surface area (TPSA) is 136 Å². The second-order valence-corrected chi connectivity index (χ2v) is 3.83. The van der Waals surface area contributed by atoms with Crippen LogP contribution in [0.1, 0.15) is 11.7 Å². The van der Waals surface area contributed by atoms with Crippen LogP contribution in [0.3, 0.4) is 0 Å². The summed E-state index contributed by atoms with van der Waals surface area (Å²) in [5.74, 6) is 0. The molecule has 0 saturated carbocycles. The van der Waals surface area contributed by atoms with Gasteiger partial charge >= 0.3 is 5.69 Å². The number of nitrogens with one attached hydrogen (secondary N) is 2. The molecule has 94 valence electrons. The molecule has 0 spiro atoms. The number of H-pyrrole nitrogens is 2. The van der Waals surface area contributed by atoms with E-state index >= 15 is 0 Å². The normalized spacial score (nSPS) is 33.6. The minimum atomic E-state index is -1.44. The predicted molar refractivity (Wildman–Crippen MR) is 54.4 cm³/mol. The van der Waals surface area contributed by atoms with E-state index in [-0.39, 0.29) is 12.2 Å². The summed E-state index contributed by atoms with van der Waals surface area (Å²) in [6.45, 7) is -0.207. The summed E-state index contributed by atoms with van der Waals surface area (Å²) in [7, 11) is 0. The Bertz CT molecular complexity index is 509. The molecule has 0 unspecified atom stereocenters. The summed E-state index contributed by atoms with van der Waals surface area (Å²) in [5.41, 5.74) is -1.39. The number of aliphatic hydroxyl groups is 3. The highest BCUT2D eigenvalue weighted by molar-refractivity contribution is 5.12.